The van der Waals surface area contributed by atoms with Gasteiger partial charge >= 0.3 is 0 Å². The van der Waals surface area contributed by atoms with Crippen LogP contribution in [0.2, 0.25) is 5.02 Å². The van der Waals surface area contributed by atoms with Crippen molar-refractivity contribution in [1.82, 2.24) is 10.6 Å². The molecule has 2 N–H and O–H groups in total. The Morgan fingerprint density at radius 2 is 2.05 bits per heavy atom. The third kappa shape index (κ3) is 2.96. The van der Waals surface area contributed by atoms with Gasteiger partial charge in [-0.15, -0.1) is 0 Å². The normalized spacial score (nSPS) is 23.3. The number of nitrogens with zero attached hydrogens (tertiary/aromatic N) is 1. The molecule has 0 aromatic heterocycles. The summed E-state index contributed by atoms with van der Waals surface area (Å²) in [6.45, 7) is 4.30. The van der Waals surface area contributed by atoms with Gasteiger partial charge in [-0.2, -0.15) is 0 Å². The first-order valence-corrected chi connectivity index (χ1v) is 8.02. The van der Waals surface area contributed by atoms with E-state index in [0.717, 1.165) is 18.8 Å². The van der Waals surface area contributed by atoms with Crippen molar-refractivity contribution in [3.05, 3.63) is 29.3 Å². The number of anilines is 1. The predicted molar refractivity (Wildman–Crippen MR) is 85.9 cm³/mol. The summed E-state index contributed by atoms with van der Waals surface area (Å²) in [7, 11) is 0. The molecule has 2 saturated heterocycles. The molecule has 2 unspecified atom stereocenters. The Morgan fingerprint density at radius 3 is 2.64 bits per heavy atom. The van der Waals surface area contributed by atoms with Gasteiger partial charge in [0.25, 0.3) is 0 Å². The SMILES string of the molecule is CC(C(=O)NC1CCN(c2ccc(Cl)cc2)C1=O)C1CNC1. The largest absolute Gasteiger partial charge is 0.344 e. The molecule has 2 heterocycles. The van der Waals surface area contributed by atoms with Crippen molar-refractivity contribution in [2.24, 2.45) is 11.8 Å². The van der Waals surface area contributed by atoms with E-state index in [0.29, 0.717) is 23.9 Å². The lowest BCUT2D eigenvalue weighted by Crippen LogP contribution is -2.52. The molecule has 6 heteroatoms. The van der Waals surface area contributed by atoms with Gasteiger partial charge < -0.3 is 15.5 Å². The summed E-state index contributed by atoms with van der Waals surface area (Å²) in [4.78, 5) is 26.4. The highest BCUT2D eigenvalue weighted by molar-refractivity contribution is 6.30. The quantitative estimate of drug-likeness (QED) is 0.881. The van der Waals surface area contributed by atoms with Crippen molar-refractivity contribution < 1.29 is 9.59 Å². The minimum Gasteiger partial charge on any atom is -0.344 e. The number of nitrogens with one attached hydrogen (secondary N) is 2. The van der Waals surface area contributed by atoms with E-state index < -0.39 is 6.04 Å². The van der Waals surface area contributed by atoms with E-state index >= 15 is 0 Å². The Balaban J connectivity index is 1.61. The van der Waals surface area contributed by atoms with Crippen LogP contribution in [0, 0.1) is 11.8 Å². The Labute approximate surface area is 135 Å². The number of amides is 2. The lowest BCUT2D eigenvalue weighted by molar-refractivity contribution is -0.130. The van der Waals surface area contributed by atoms with Crippen molar-refractivity contribution >= 4 is 29.1 Å². The summed E-state index contributed by atoms with van der Waals surface area (Å²) in [5.74, 6) is 0.250. The molecule has 2 amide bonds. The number of carbonyl (C=O) groups excluding carboxylic acids is 2. The summed E-state index contributed by atoms with van der Waals surface area (Å²) in [6, 6.07) is 6.77. The van der Waals surface area contributed by atoms with Gasteiger partial charge in [0.2, 0.25) is 11.8 Å². The van der Waals surface area contributed by atoms with Crippen LogP contribution in [0.15, 0.2) is 24.3 Å². The van der Waals surface area contributed by atoms with Gasteiger partial charge in [0.15, 0.2) is 0 Å². The van der Waals surface area contributed by atoms with E-state index in [1.165, 1.54) is 0 Å². The molecule has 1 aromatic rings. The maximum absolute atomic E-state index is 12.5. The Morgan fingerprint density at radius 1 is 1.36 bits per heavy atom. The Kier molecular flexibility index (Phi) is 4.36. The molecule has 2 aliphatic heterocycles. The van der Waals surface area contributed by atoms with Gasteiger partial charge in [-0.3, -0.25) is 9.59 Å². The van der Waals surface area contributed by atoms with Crippen LogP contribution in [0.4, 0.5) is 5.69 Å². The number of benzene rings is 1. The molecule has 2 fully saturated rings. The molecular weight excluding hydrogens is 302 g/mol. The standard InChI is InChI=1S/C16H20ClN3O2/c1-10(11-8-18-9-11)15(21)19-14-6-7-20(16(14)22)13-4-2-12(17)3-5-13/h2-5,10-11,14,18H,6-9H2,1H3,(H,19,21). The van der Waals surface area contributed by atoms with Crippen LogP contribution >= 0.6 is 11.6 Å². The van der Waals surface area contributed by atoms with E-state index in [-0.39, 0.29) is 17.7 Å². The minimum atomic E-state index is -0.418. The number of hydrogen-bond acceptors (Lipinski definition) is 3. The molecule has 2 aliphatic rings. The average Bonchev–Trinajstić information content (AvgIpc) is 2.79. The summed E-state index contributed by atoms with van der Waals surface area (Å²) < 4.78 is 0. The highest BCUT2D eigenvalue weighted by atomic mass is 35.5. The number of carbonyl (C=O) groups is 2. The van der Waals surface area contributed by atoms with Crippen LogP contribution < -0.4 is 15.5 Å². The molecular formula is C16H20ClN3O2. The Bertz CT molecular complexity index is 571. The monoisotopic (exact) mass is 321 g/mol. The zero-order chi connectivity index (χ0) is 15.7. The summed E-state index contributed by atoms with van der Waals surface area (Å²) in [6.07, 6.45) is 0.642. The van der Waals surface area contributed by atoms with Crippen LogP contribution in [-0.2, 0) is 9.59 Å². The van der Waals surface area contributed by atoms with E-state index in [1.54, 1.807) is 17.0 Å². The summed E-state index contributed by atoms with van der Waals surface area (Å²) in [5, 5.41) is 6.71. The van der Waals surface area contributed by atoms with Crippen LogP contribution in [0.3, 0.4) is 0 Å². The maximum Gasteiger partial charge on any atom is 0.249 e. The van der Waals surface area contributed by atoms with Crippen molar-refractivity contribution in [2.45, 2.75) is 19.4 Å². The average molecular weight is 322 g/mol. The highest BCUT2D eigenvalue weighted by Crippen LogP contribution is 2.24. The molecule has 5 nitrogen and oxygen atoms in total. The van der Waals surface area contributed by atoms with Crippen LogP contribution in [0.1, 0.15) is 13.3 Å². The fourth-order valence-electron chi connectivity index (χ4n) is 2.87. The third-order valence-electron chi connectivity index (χ3n) is 4.59. The molecule has 0 bridgehead atoms. The van der Waals surface area contributed by atoms with E-state index in [4.69, 9.17) is 11.6 Å². The fourth-order valence-corrected chi connectivity index (χ4v) is 3.00. The zero-order valence-electron chi connectivity index (χ0n) is 12.5. The van der Waals surface area contributed by atoms with E-state index in [1.807, 2.05) is 19.1 Å². The van der Waals surface area contributed by atoms with E-state index in [2.05, 4.69) is 10.6 Å². The maximum atomic E-state index is 12.5. The molecule has 22 heavy (non-hydrogen) atoms. The van der Waals surface area contributed by atoms with Crippen molar-refractivity contribution in [3.63, 3.8) is 0 Å². The first-order valence-electron chi connectivity index (χ1n) is 7.64. The molecule has 2 atom stereocenters. The number of rotatable bonds is 4. The fraction of sp³-hybridized carbons (Fsp3) is 0.500. The zero-order valence-corrected chi connectivity index (χ0v) is 13.3. The number of halogens is 1. The van der Waals surface area contributed by atoms with Gasteiger partial charge in [0.1, 0.15) is 6.04 Å². The topological polar surface area (TPSA) is 61.4 Å². The van der Waals surface area contributed by atoms with Crippen molar-refractivity contribution in [1.29, 1.82) is 0 Å². The first kappa shape index (κ1) is 15.3. The highest BCUT2D eigenvalue weighted by Gasteiger charge is 2.36. The minimum absolute atomic E-state index is 0.0252. The second-order valence-electron chi connectivity index (χ2n) is 6.02. The van der Waals surface area contributed by atoms with Crippen molar-refractivity contribution in [2.75, 3.05) is 24.5 Å². The molecule has 1 aromatic carbocycles. The summed E-state index contributed by atoms with van der Waals surface area (Å²) in [5.41, 5.74) is 0.822. The second kappa shape index (κ2) is 6.26. The molecule has 118 valence electrons. The van der Waals surface area contributed by atoms with Gasteiger partial charge in [-0.05, 0) is 49.7 Å². The third-order valence-corrected chi connectivity index (χ3v) is 4.85. The summed E-state index contributed by atoms with van der Waals surface area (Å²) >= 11 is 5.87. The first-order chi connectivity index (χ1) is 10.6. The lowest BCUT2D eigenvalue weighted by atomic mass is 9.88. The molecule has 0 radical (unpaired) electrons. The van der Waals surface area contributed by atoms with Gasteiger partial charge in [0, 0.05) is 23.2 Å². The van der Waals surface area contributed by atoms with Crippen LogP contribution in [0.25, 0.3) is 0 Å². The second-order valence-corrected chi connectivity index (χ2v) is 6.46. The molecule has 0 saturated carbocycles. The van der Waals surface area contributed by atoms with Gasteiger partial charge in [-0.1, -0.05) is 18.5 Å². The van der Waals surface area contributed by atoms with Gasteiger partial charge in [-0.25, -0.2) is 0 Å². The molecule has 3 rings (SSSR count). The van der Waals surface area contributed by atoms with Gasteiger partial charge in [0.05, 0.1) is 0 Å². The molecule has 0 aliphatic carbocycles. The van der Waals surface area contributed by atoms with E-state index in [9.17, 15) is 9.59 Å². The number of hydrogen-bond donors (Lipinski definition) is 2. The van der Waals surface area contributed by atoms with Crippen LogP contribution in [0.5, 0.6) is 0 Å². The predicted octanol–water partition coefficient (Wildman–Crippen LogP) is 1.42. The smallest absolute Gasteiger partial charge is 0.249 e. The van der Waals surface area contributed by atoms with Crippen LogP contribution in [-0.4, -0.2) is 37.5 Å². The Hall–Kier alpha value is -1.59. The lowest BCUT2D eigenvalue weighted by Gasteiger charge is -2.32. The van der Waals surface area contributed by atoms with Crippen molar-refractivity contribution in [3.8, 4) is 0 Å². The molecule has 0 spiro atoms.